The van der Waals surface area contributed by atoms with E-state index in [-0.39, 0.29) is 36.9 Å². The van der Waals surface area contributed by atoms with Crippen LogP contribution in [0.2, 0.25) is 0 Å². The molecule has 5 aliphatic rings. The summed E-state index contributed by atoms with van der Waals surface area (Å²) in [6, 6.07) is 5.67. The molecule has 36 heavy (non-hydrogen) atoms. The molecule has 1 aromatic rings. The van der Waals surface area contributed by atoms with Crippen LogP contribution >= 0.6 is 0 Å². The quantitative estimate of drug-likeness (QED) is 0.550. The second kappa shape index (κ2) is 9.72. The molecule has 6 rings (SSSR count). The van der Waals surface area contributed by atoms with E-state index < -0.39 is 6.48 Å². The van der Waals surface area contributed by atoms with Gasteiger partial charge in [-0.3, -0.25) is 0 Å². The molecule has 0 saturated carbocycles. The van der Waals surface area contributed by atoms with Crippen molar-refractivity contribution in [2.75, 3.05) is 44.4 Å². The van der Waals surface area contributed by atoms with Crippen molar-refractivity contribution in [2.45, 2.75) is 88.0 Å². The van der Waals surface area contributed by atoms with Gasteiger partial charge in [-0.15, -0.1) is 0 Å². The number of hydrogen-bond acceptors (Lipinski definition) is 6. The van der Waals surface area contributed by atoms with E-state index in [2.05, 4.69) is 4.90 Å². The fraction of sp³-hybridized carbons (Fsp3) is 0.741. The molecule has 1 aromatic carbocycles. The molecule has 0 N–H and O–H groups in total. The van der Waals surface area contributed by atoms with Crippen LogP contribution in [0.1, 0.15) is 58.9 Å². The van der Waals surface area contributed by atoms with Crippen LogP contribution in [-0.4, -0.2) is 86.1 Å². The van der Waals surface area contributed by atoms with Gasteiger partial charge < -0.3 is 28.9 Å². The molecule has 0 aliphatic carbocycles. The highest BCUT2D eigenvalue weighted by Gasteiger charge is 2.50. The molecule has 5 heterocycles. The van der Waals surface area contributed by atoms with E-state index in [4.69, 9.17) is 14.2 Å². The number of amides is 1. The molecule has 200 valence electrons. The summed E-state index contributed by atoms with van der Waals surface area (Å²) < 4.78 is 46.1. The Morgan fingerprint density at radius 1 is 1.19 bits per heavy atom. The highest BCUT2D eigenvalue weighted by atomic mass is 19.2. The summed E-state index contributed by atoms with van der Waals surface area (Å²) in [5, 5.41) is 0. The molecule has 4 fully saturated rings. The number of rotatable bonds is 5. The van der Waals surface area contributed by atoms with Crippen molar-refractivity contribution >= 4 is 11.8 Å². The number of hydrogen-bond donors (Lipinski definition) is 0. The third-order valence-electron chi connectivity index (χ3n) is 9.21. The Labute approximate surface area is 213 Å². The second-order valence-corrected chi connectivity index (χ2v) is 11.1. The van der Waals surface area contributed by atoms with Crippen molar-refractivity contribution in [3.63, 3.8) is 0 Å². The van der Waals surface area contributed by atoms with E-state index in [1.54, 1.807) is 17.0 Å². The lowest BCUT2D eigenvalue weighted by Gasteiger charge is -2.47. The maximum atomic E-state index is 15.4. The predicted octanol–water partition coefficient (Wildman–Crippen LogP) is 4.44. The zero-order valence-electron chi connectivity index (χ0n) is 21.0. The van der Waals surface area contributed by atoms with E-state index in [0.717, 1.165) is 62.9 Å². The lowest BCUT2D eigenvalue weighted by atomic mass is 9.73. The lowest BCUT2D eigenvalue weighted by molar-refractivity contribution is -0.0869. The summed E-state index contributed by atoms with van der Waals surface area (Å²) in [7, 11) is 0. The van der Waals surface area contributed by atoms with Gasteiger partial charge in [0.2, 0.25) is 0 Å². The van der Waals surface area contributed by atoms with Gasteiger partial charge in [0.15, 0.2) is 0 Å². The third kappa shape index (κ3) is 4.27. The molecule has 0 aromatic heterocycles. The second-order valence-electron chi connectivity index (χ2n) is 11.1. The van der Waals surface area contributed by atoms with Crippen molar-refractivity contribution in [3.8, 4) is 0 Å². The smallest absolute Gasteiger partial charge is 0.410 e. The zero-order valence-corrected chi connectivity index (χ0v) is 21.0. The summed E-state index contributed by atoms with van der Waals surface area (Å²) in [6.07, 6.45) is 6.04. The van der Waals surface area contributed by atoms with Gasteiger partial charge in [-0.1, -0.05) is 0 Å². The van der Waals surface area contributed by atoms with Gasteiger partial charge in [0.1, 0.15) is 5.82 Å². The van der Waals surface area contributed by atoms with Gasteiger partial charge in [-0.2, -0.15) is 4.39 Å². The van der Waals surface area contributed by atoms with Crippen molar-refractivity contribution in [1.29, 1.82) is 0 Å². The van der Waals surface area contributed by atoms with Crippen molar-refractivity contribution in [3.05, 3.63) is 29.6 Å². The van der Waals surface area contributed by atoms with Crippen LogP contribution in [0.3, 0.4) is 0 Å². The van der Waals surface area contributed by atoms with E-state index in [0.29, 0.717) is 38.8 Å². The van der Waals surface area contributed by atoms with E-state index in [1.807, 2.05) is 11.8 Å². The van der Waals surface area contributed by atoms with Crippen molar-refractivity contribution < 1.29 is 29.2 Å². The summed E-state index contributed by atoms with van der Waals surface area (Å²) >= 11 is 0. The van der Waals surface area contributed by atoms with Crippen LogP contribution in [0.5, 0.6) is 0 Å². The molecule has 5 aliphatic heterocycles. The average Bonchev–Trinajstić information content (AvgIpc) is 3.56. The topological polar surface area (TPSA) is 54.5 Å². The Balaban J connectivity index is 0.00000280. The van der Waals surface area contributed by atoms with Gasteiger partial charge in [-0.05, 0) is 88.7 Å². The maximum Gasteiger partial charge on any atom is 0.410 e. The first kappa shape index (κ1) is 24.4. The number of halogens is 2. The number of alkyl halides is 1. The number of benzene rings is 1. The van der Waals surface area contributed by atoms with Gasteiger partial charge >= 0.3 is 6.09 Å². The van der Waals surface area contributed by atoms with Gasteiger partial charge in [-0.25, -0.2) is 9.18 Å². The Hall–Kier alpha value is -1.97. The van der Waals surface area contributed by atoms with Gasteiger partial charge in [0.25, 0.3) is 6.48 Å². The number of fused-ring (bicyclic) bond motifs is 4. The van der Waals surface area contributed by atoms with E-state index in [9.17, 15) is 9.18 Å². The monoisotopic (exact) mass is 507 g/mol. The van der Waals surface area contributed by atoms with Crippen LogP contribution in [0.15, 0.2) is 18.2 Å². The maximum absolute atomic E-state index is 15.4. The van der Waals surface area contributed by atoms with E-state index >= 15 is 4.39 Å². The van der Waals surface area contributed by atoms with Crippen LogP contribution in [0.4, 0.5) is 19.3 Å². The van der Waals surface area contributed by atoms with Crippen LogP contribution < -0.4 is 4.90 Å². The first-order chi connectivity index (χ1) is 17.5. The van der Waals surface area contributed by atoms with Crippen molar-refractivity contribution in [1.82, 2.24) is 9.80 Å². The van der Waals surface area contributed by atoms with Crippen LogP contribution in [0.25, 0.3) is 0 Å². The minimum absolute atomic E-state index is 0. The van der Waals surface area contributed by atoms with Gasteiger partial charge in [0.05, 0.1) is 19.3 Å². The Bertz CT molecular complexity index is 959. The molecular formula is C27H39F2N3O4. The highest BCUT2D eigenvalue weighted by molar-refractivity contribution is 5.69. The number of nitrogens with zero attached hydrogens (tertiary/aromatic N) is 3. The molecule has 2 bridgehead atoms. The number of likely N-dealkylation sites (tertiary alicyclic amines) is 1. The third-order valence-corrected chi connectivity index (χ3v) is 9.21. The zero-order chi connectivity index (χ0) is 24.9. The largest absolute Gasteiger partial charge is 0.450 e. The summed E-state index contributed by atoms with van der Waals surface area (Å²) in [5.41, 5.74) is 1.38. The number of carbonyl (C=O) groups is 1. The molecule has 3 unspecified atom stereocenters. The lowest BCUT2D eigenvalue weighted by Crippen LogP contribution is -2.55. The standard InChI is InChI=1S/C27H37F2N3O4.H2/c1-2-35-26(33)32-19-4-5-20(32)15-21(14-19)30-10-8-27(9-11-30)17-31(24-6-3-18(28)13-23(24)27)25(29)36-22-7-12-34-16-22;/h3,6,13,19-22,25H,2,4-5,7-12,14-17H2,1H3;1H/t19?,20?,21?,22-,25?;/m1./s1. The number of carbonyl (C=O) groups excluding carboxylic acids is 1. The van der Waals surface area contributed by atoms with Crippen LogP contribution in [0, 0.1) is 5.82 Å². The minimum atomic E-state index is -1.57. The number of anilines is 1. The first-order valence-corrected chi connectivity index (χ1v) is 13.6. The molecule has 0 radical (unpaired) electrons. The summed E-state index contributed by atoms with van der Waals surface area (Å²) in [6.45, 7) is 3.99. The number of piperidine rings is 2. The molecule has 9 heteroatoms. The highest BCUT2D eigenvalue weighted by Crippen LogP contribution is 2.49. The van der Waals surface area contributed by atoms with Crippen molar-refractivity contribution in [2.24, 2.45) is 0 Å². The SMILES string of the molecule is CCOC(=O)N1C2CCC1CC(N1CCC3(CC1)CN(C(F)O[C@@H]1CCOC1)c1ccc(F)cc13)C2.[HH]. The summed E-state index contributed by atoms with van der Waals surface area (Å²) in [5.74, 6) is -0.277. The Morgan fingerprint density at radius 3 is 2.61 bits per heavy atom. The van der Waals surface area contributed by atoms with Crippen LogP contribution in [-0.2, 0) is 19.6 Å². The Morgan fingerprint density at radius 2 is 1.94 bits per heavy atom. The fourth-order valence-electron chi connectivity index (χ4n) is 7.40. The molecule has 1 spiro atoms. The molecule has 7 nitrogen and oxygen atoms in total. The predicted molar refractivity (Wildman–Crippen MR) is 132 cm³/mol. The fourth-order valence-corrected chi connectivity index (χ4v) is 7.40. The minimum Gasteiger partial charge on any atom is -0.450 e. The normalized spacial score (nSPS) is 32.2. The average molecular weight is 508 g/mol. The molecule has 4 atom stereocenters. The first-order valence-electron chi connectivity index (χ1n) is 13.6. The summed E-state index contributed by atoms with van der Waals surface area (Å²) in [4.78, 5) is 18.7. The molecule has 1 amide bonds. The van der Waals surface area contributed by atoms with E-state index in [1.165, 1.54) is 6.07 Å². The number of ether oxygens (including phenoxy) is 3. The van der Waals surface area contributed by atoms with Gasteiger partial charge in [0, 0.05) is 43.8 Å². The Kier molecular flexibility index (Phi) is 6.58. The molecule has 4 saturated heterocycles. The molecular weight excluding hydrogens is 468 g/mol.